The molecule has 1 aromatic rings. The Kier molecular flexibility index (Phi) is 4.25. The molecule has 110 valence electrons. The number of hydrogen-bond acceptors (Lipinski definition) is 3. The molecule has 2 amide bonds. The van der Waals surface area contributed by atoms with Crippen molar-refractivity contribution < 1.29 is 9.59 Å². The first-order valence-electron chi connectivity index (χ1n) is 6.58. The lowest BCUT2D eigenvalue weighted by atomic mass is 9.91. The van der Waals surface area contributed by atoms with Gasteiger partial charge in [-0.2, -0.15) is 0 Å². The Labute approximate surface area is 131 Å². The summed E-state index contributed by atoms with van der Waals surface area (Å²) in [5, 5.41) is 4.81. The monoisotopic (exact) mass is 358 g/mol. The van der Waals surface area contributed by atoms with Gasteiger partial charge in [0.25, 0.3) is 0 Å². The molecular formula is C14H19BrN2O2S. The van der Waals surface area contributed by atoms with Gasteiger partial charge in [-0.1, -0.05) is 13.8 Å². The fourth-order valence-corrected chi connectivity index (χ4v) is 3.95. The highest BCUT2D eigenvalue weighted by atomic mass is 79.9. The van der Waals surface area contributed by atoms with Crippen LogP contribution in [0.1, 0.15) is 32.6 Å². The van der Waals surface area contributed by atoms with Crippen molar-refractivity contribution in [3.8, 4) is 0 Å². The molecule has 20 heavy (non-hydrogen) atoms. The van der Waals surface area contributed by atoms with Crippen LogP contribution in [0.2, 0.25) is 0 Å². The van der Waals surface area contributed by atoms with E-state index in [2.05, 4.69) is 21.2 Å². The van der Waals surface area contributed by atoms with Crippen molar-refractivity contribution in [2.75, 3.05) is 0 Å². The summed E-state index contributed by atoms with van der Waals surface area (Å²) in [5.41, 5.74) is -0.836. The van der Waals surface area contributed by atoms with Crippen LogP contribution < -0.4 is 5.32 Å². The first-order valence-corrected chi connectivity index (χ1v) is 8.25. The minimum Gasteiger partial charge on any atom is -0.340 e. The number of halogens is 1. The minimum atomic E-state index is -0.836. The van der Waals surface area contributed by atoms with Gasteiger partial charge >= 0.3 is 0 Å². The van der Waals surface area contributed by atoms with Gasteiger partial charge in [-0.25, -0.2) is 0 Å². The highest BCUT2D eigenvalue weighted by molar-refractivity contribution is 9.10. The zero-order valence-electron chi connectivity index (χ0n) is 12.1. The van der Waals surface area contributed by atoms with E-state index in [1.54, 1.807) is 30.1 Å². The quantitative estimate of drug-likeness (QED) is 0.902. The van der Waals surface area contributed by atoms with E-state index >= 15 is 0 Å². The number of amides is 2. The Morgan fingerprint density at radius 1 is 1.45 bits per heavy atom. The number of piperazine rings is 1. The fraction of sp³-hybridized carbons (Fsp3) is 0.571. The third kappa shape index (κ3) is 2.91. The third-order valence-corrected chi connectivity index (χ3v) is 5.10. The molecule has 1 fully saturated rings. The van der Waals surface area contributed by atoms with Crippen LogP contribution >= 0.6 is 27.3 Å². The van der Waals surface area contributed by atoms with E-state index in [1.807, 2.05) is 25.3 Å². The molecule has 1 saturated heterocycles. The lowest BCUT2D eigenvalue weighted by Gasteiger charge is -2.44. The lowest BCUT2D eigenvalue weighted by molar-refractivity contribution is -0.156. The molecule has 0 spiro atoms. The summed E-state index contributed by atoms with van der Waals surface area (Å²) in [5.74, 6) is -0.0148. The number of nitrogens with one attached hydrogen (secondary N) is 1. The van der Waals surface area contributed by atoms with Crippen molar-refractivity contribution in [1.82, 2.24) is 10.2 Å². The lowest BCUT2D eigenvalue weighted by Crippen LogP contribution is -2.68. The van der Waals surface area contributed by atoms with E-state index in [0.29, 0.717) is 6.54 Å². The van der Waals surface area contributed by atoms with Gasteiger partial charge in [0, 0.05) is 14.7 Å². The SMILES string of the molecule is CC(C)C1C(=O)NC(C)(C)C(=O)N1Cc1cc(Br)cs1. The number of carbonyl (C=O) groups is 2. The zero-order chi connectivity index (χ0) is 15.1. The number of nitrogens with zero attached hydrogens (tertiary/aromatic N) is 1. The number of rotatable bonds is 3. The Balaban J connectivity index is 2.32. The molecule has 1 aromatic heterocycles. The van der Waals surface area contributed by atoms with Crippen LogP contribution in [0.15, 0.2) is 15.9 Å². The second kappa shape index (κ2) is 5.48. The van der Waals surface area contributed by atoms with Crippen LogP contribution in [-0.4, -0.2) is 28.3 Å². The summed E-state index contributed by atoms with van der Waals surface area (Å²) in [6, 6.07) is 1.59. The summed E-state index contributed by atoms with van der Waals surface area (Å²) in [6.07, 6.45) is 0. The molecule has 1 atom stereocenters. The van der Waals surface area contributed by atoms with E-state index in [4.69, 9.17) is 0 Å². The number of hydrogen-bond donors (Lipinski definition) is 1. The normalized spacial score (nSPS) is 22.3. The molecule has 2 heterocycles. The van der Waals surface area contributed by atoms with Gasteiger partial charge in [0.15, 0.2) is 0 Å². The van der Waals surface area contributed by atoms with E-state index in [9.17, 15) is 9.59 Å². The van der Waals surface area contributed by atoms with Gasteiger partial charge in [-0.05, 0) is 41.8 Å². The maximum atomic E-state index is 12.6. The Morgan fingerprint density at radius 2 is 2.10 bits per heavy atom. The molecule has 0 saturated carbocycles. The highest BCUT2D eigenvalue weighted by Gasteiger charge is 2.46. The van der Waals surface area contributed by atoms with Crippen molar-refractivity contribution in [3.63, 3.8) is 0 Å². The predicted molar refractivity (Wildman–Crippen MR) is 83.4 cm³/mol. The van der Waals surface area contributed by atoms with Crippen molar-refractivity contribution in [3.05, 3.63) is 20.8 Å². The van der Waals surface area contributed by atoms with Crippen LogP contribution in [0.4, 0.5) is 0 Å². The summed E-state index contributed by atoms with van der Waals surface area (Å²) in [7, 11) is 0. The van der Waals surface area contributed by atoms with Gasteiger partial charge in [-0.3, -0.25) is 9.59 Å². The van der Waals surface area contributed by atoms with Crippen LogP contribution in [0.3, 0.4) is 0 Å². The summed E-state index contributed by atoms with van der Waals surface area (Å²) in [6.45, 7) is 7.91. The molecular weight excluding hydrogens is 340 g/mol. The van der Waals surface area contributed by atoms with Crippen LogP contribution in [-0.2, 0) is 16.1 Å². The smallest absolute Gasteiger partial charge is 0.248 e. The molecule has 4 nitrogen and oxygen atoms in total. The van der Waals surface area contributed by atoms with Gasteiger partial charge in [0.1, 0.15) is 11.6 Å². The zero-order valence-corrected chi connectivity index (χ0v) is 14.5. The Hall–Kier alpha value is -0.880. The molecule has 1 aliphatic heterocycles. The van der Waals surface area contributed by atoms with E-state index < -0.39 is 11.6 Å². The van der Waals surface area contributed by atoms with Crippen LogP contribution in [0, 0.1) is 5.92 Å². The standard InChI is InChI=1S/C14H19BrN2O2S/c1-8(2)11-12(18)16-14(3,4)13(19)17(11)6-10-5-9(15)7-20-10/h5,7-8,11H,6H2,1-4H3,(H,16,18). The number of thiophene rings is 1. The maximum absolute atomic E-state index is 12.6. The average molecular weight is 359 g/mol. The fourth-order valence-electron chi connectivity index (χ4n) is 2.50. The number of carbonyl (C=O) groups excluding carboxylic acids is 2. The first kappa shape index (κ1) is 15.5. The second-order valence-electron chi connectivity index (χ2n) is 5.97. The predicted octanol–water partition coefficient (Wildman–Crippen LogP) is 2.77. The van der Waals surface area contributed by atoms with Crippen molar-refractivity contribution >= 4 is 39.1 Å². The van der Waals surface area contributed by atoms with Gasteiger partial charge in [0.05, 0.1) is 6.54 Å². The molecule has 2 rings (SSSR count). The van der Waals surface area contributed by atoms with Gasteiger partial charge < -0.3 is 10.2 Å². The van der Waals surface area contributed by atoms with Gasteiger partial charge in [-0.15, -0.1) is 11.3 Å². The summed E-state index contributed by atoms with van der Waals surface area (Å²) >= 11 is 5.01. The van der Waals surface area contributed by atoms with Crippen molar-refractivity contribution in [2.45, 2.75) is 45.8 Å². The Bertz CT molecular complexity index is 539. The Morgan fingerprint density at radius 3 is 2.60 bits per heavy atom. The minimum absolute atomic E-state index is 0.0275. The maximum Gasteiger partial charge on any atom is 0.248 e. The first-order chi connectivity index (χ1) is 9.22. The molecule has 1 N–H and O–H groups in total. The third-order valence-electron chi connectivity index (χ3n) is 3.42. The van der Waals surface area contributed by atoms with Gasteiger partial charge in [0.2, 0.25) is 11.8 Å². The second-order valence-corrected chi connectivity index (χ2v) is 7.88. The van der Waals surface area contributed by atoms with Crippen LogP contribution in [0.25, 0.3) is 0 Å². The molecule has 1 aliphatic rings. The summed E-state index contributed by atoms with van der Waals surface area (Å²) < 4.78 is 1.01. The molecule has 0 bridgehead atoms. The van der Waals surface area contributed by atoms with Crippen molar-refractivity contribution in [2.24, 2.45) is 5.92 Å². The molecule has 0 aliphatic carbocycles. The van der Waals surface area contributed by atoms with E-state index in [-0.39, 0.29) is 17.7 Å². The largest absolute Gasteiger partial charge is 0.340 e. The highest BCUT2D eigenvalue weighted by Crippen LogP contribution is 2.27. The molecule has 6 heteroatoms. The van der Waals surface area contributed by atoms with E-state index in [0.717, 1.165) is 9.35 Å². The summed E-state index contributed by atoms with van der Waals surface area (Å²) in [4.78, 5) is 27.7. The average Bonchev–Trinajstić information content (AvgIpc) is 2.70. The molecule has 0 aromatic carbocycles. The van der Waals surface area contributed by atoms with Crippen molar-refractivity contribution in [1.29, 1.82) is 0 Å². The molecule has 0 radical (unpaired) electrons. The van der Waals surface area contributed by atoms with Crippen LogP contribution in [0.5, 0.6) is 0 Å². The molecule has 1 unspecified atom stereocenters. The van der Waals surface area contributed by atoms with E-state index in [1.165, 1.54) is 0 Å². The topological polar surface area (TPSA) is 49.4 Å².